The highest BCUT2D eigenvalue weighted by molar-refractivity contribution is 7.91. The molecule has 3 rings (SSSR count). The maximum absolute atomic E-state index is 12.7. The van der Waals surface area contributed by atoms with Gasteiger partial charge in [0.25, 0.3) is 0 Å². The van der Waals surface area contributed by atoms with Crippen LogP contribution in [0.4, 0.5) is 5.69 Å². The van der Waals surface area contributed by atoms with Crippen LogP contribution in [0.5, 0.6) is 5.75 Å². The Morgan fingerprint density at radius 1 is 1.17 bits per heavy atom. The molecule has 0 aromatic heterocycles. The average molecular weight is 414 g/mol. The van der Waals surface area contributed by atoms with Crippen LogP contribution in [0.25, 0.3) is 6.08 Å². The molecule has 0 radical (unpaired) electrons. The Kier molecular flexibility index (Phi) is 5.74. The van der Waals surface area contributed by atoms with Crippen molar-refractivity contribution in [2.75, 3.05) is 11.1 Å². The molecule has 0 fully saturated rings. The predicted molar refractivity (Wildman–Crippen MR) is 110 cm³/mol. The summed E-state index contributed by atoms with van der Waals surface area (Å²) < 4.78 is 24.2. The van der Waals surface area contributed by atoms with E-state index in [1.165, 1.54) is 36.9 Å². The average Bonchev–Trinajstić information content (AvgIpc) is 2.69. The Hall–Kier alpha value is -3.13. The van der Waals surface area contributed by atoms with Gasteiger partial charge in [0, 0.05) is 13.1 Å². The third kappa shape index (κ3) is 4.32. The molecule has 2 aromatic carbocycles. The smallest absolute Gasteiger partial charge is 0.226 e. The number of benzene rings is 2. The molecule has 7 nitrogen and oxygen atoms in total. The van der Waals surface area contributed by atoms with Gasteiger partial charge in [-0.05, 0) is 35.4 Å². The van der Waals surface area contributed by atoms with Crippen LogP contribution in [0.2, 0.25) is 0 Å². The molecule has 29 heavy (non-hydrogen) atoms. The molecular formula is C21H22N2O5S. The largest absolute Gasteiger partial charge is 0.506 e. The van der Waals surface area contributed by atoms with Gasteiger partial charge in [-0.15, -0.1) is 0 Å². The number of nitrogens with one attached hydrogen (secondary N) is 1. The number of carbonyl (C=O) groups excluding carboxylic acids is 2. The molecule has 0 saturated carbocycles. The van der Waals surface area contributed by atoms with Crippen molar-refractivity contribution in [1.82, 2.24) is 4.90 Å². The van der Waals surface area contributed by atoms with Crippen molar-refractivity contribution in [2.24, 2.45) is 0 Å². The summed E-state index contributed by atoms with van der Waals surface area (Å²) in [7, 11) is -3.48. The minimum absolute atomic E-state index is 0.0125. The normalized spacial score (nSPS) is 15.7. The molecule has 1 aliphatic rings. The number of hydrogen-bond donors (Lipinski definition) is 2. The second kappa shape index (κ2) is 8.08. The number of fused-ring (bicyclic) bond motifs is 1. The zero-order valence-corrected chi connectivity index (χ0v) is 16.9. The van der Waals surface area contributed by atoms with E-state index in [4.69, 9.17) is 0 Å². The lowest BCUT2D eigenvalue weighted by Crippen LogP contribution is -2.33. The van der Waals surface area contributed by atoms with Gasteiger partial charge in [-0.1, -0.05) is 31.2 Å². The number of rotatable bonds is 5. The Morgan fingerprint density at radius 3 is 2.59 bits per heavy atom. The molecule has 0 saturated heterocycles. The van der Waals surface area contributed by atoms with Gasteiger partial charge in [0.1, 0.15) is 5.75 Å². The highest BCUT2D eigenvalue weighted by Gasteiger charge is 2.28. The third-order valence-electron chi connectivity index (χ3n) is 4.83. The maximum atomic E-state index is 12.7. The van der Waals surface area contributed by atoms with Gasteiger partial charge < -0.3 is 15.3 Å². The second-order valence-electron chi connectivity index (χ2n) is 6.72. The van der Waals surface area contributed by atoms with Crippen LogP contribution in [0.1, 0.15) is 37.4 Å². The lowest BCUT2D eigenvalue weighted by atomic mass is 9.93. The van der Waals surface area contributed by atoms with Crippen molar-refractivity contribution in [3.05, 3.63) is 59.8 Å². The number of nitrogens with zero attached hydrogens (tertiary/aromatic N) is 1. The van der Waals surface area contributed by atoms with Crippen LogP contribution >= 0.6 is 0 Å². The van der Waals surface area contributed by atoms with Crippen LogP contribution in [0, 0.1) is 0 Å². The lowest BCUT2D eigenvalue weighted by molar-refractivity contribution is -0.129. The van der Waals surface area contributed by atoms with E-state index < -0.39 is 21.8 Å². The summed E-state index contributed by atoms with van der Waals surface area (Å²) >= 11 is 0. The summed E-state index contributed by atoms with van der Waals surface area (Å²) in [5.74, 6) is -0.981. The molecule has 1 heterocycles. The zero-order valence-electron chi connectivity index (χ0n) is 16.1. The summed E-state index contributed by atoms with van der Waals surface area (Å²) in [5, 5.41) is 12.6. The molecule has 2 amide bonds. The number of anilines is 1. The quantitative estimate of drug-likeness (QED) is 0.732. The van der Waals surface area contributed by atoms with Gasteiger partial charge in [-0.25, -0.2) is 8.42 Å². The zero-order chi connectivity index (χ0) is 21.2. The Balaban J connectivity index is 1.86. The molecule has 152 valence electrons. The number of sulfone groups is 1. The van der Waals surface area contributed by atoms with E-state index in [9.17, 15) is 23.1 Å². The van der Waals surface area contributed by atoms with Crippen molar-refractivity contribution < 1.29 is 23.1 Å². The second-order valence-corrected chi connectivity index (χ2v) is 9.00. The standard InChI is InChI=1S/C21H22N2O5S/c1-3-29(27,28)16-8-9-20(25)18(12-16)22-21(26)13-19-17-7-5-4-6-15(17)10-11-23(19)14(2)24/h4-12,19,25H,3,13H2,1-2H3,(H,22,26). The topological polar surface area (TPSA) is 104 Å². The fourth-order valence-corrected chi connectivity index (χ4v) is 4.17. The first kappa shape index (κ1) is 20.6. The van der Waals surface area contributed by atoms with Gasteiger partial charge >= 0.3 is 0 Å². The van der Waals surface area contributed by atoms with Gasteiger partial charge in [0.15, 0.2) is 9.84 Å². The number of amides is 2. The van der Waals surface area contributed by atoms with Gasteiger partial charge in [-0.2, -0.15) is 0 Å². The summed E-state index contributed by atoms with van der Waals surface area (Å²) in [6.07, 6.45) is 3.41. The molecule has 8 heteroatoms. The van der Waals surface area contributed by atoms with Crippen molar-refractivity contribution in [2.45, 2.75) is 31.2 Å². The predicted octanol–water partition coefficient (Wildman–Crippen LogP) is 3.09. The number of hydrogen-bond acceptors (Lipinski definition) is 5. The van der Waals surface area contributed by atoms with Crippen LogP contribution < -0.4 is 5.32 Å². The summed E-state index contributed by atoms with van der Waals surface area (Å²) in [6.45, 7) is 2.94. The monoisotopic (exact) mass is 414 g/mol. The summed E-state index contributed by atoms with van der Waals surface area (Å²) in [5.41, 5.74) is 1.77. The highest BCUT2D eigenvalue weighted by atomic mass is 32.2. The van der Waals surface area contributed by atoms with E-state index in [1.54, 1.807) is 6.20 Å². The summed E-state index contributed by atoms with van der Waals surface area (Å²) in [4.78, 5) is 26.2. The number of phenolic OH excluding ortho intramolecular Hbond substituents is 1. The first-order valence-electron chi connectivity index (χ1n) is 9.14. The van der Waals surface area contributed by atoms with Crippen molar-refractivity contribution in [1.29, 1.82) is 0 Å². The van der Waals surface area contributed by atoms with Crippen LogP contribution in [0.15, 0.2) is 53.6 Å². The van der Waals surface area contributed by atoms with E-state index in [0.29, 0.717) is 0 Å². The maximum Gasteiger partial charge on any atom is 0.226 e. The van der Waals surface area contributed by atoms with E-state index in [0.717, 1.165) is 11.1 Å². The summed E-state index contributed by atoms with van der Waals surface area (Å²) in [6, 6.07) is 10.7. The van der Waals surface area contributed by atoms with E-state index in [2.05, 4.69) is 5.32 Å². The van der Waals surface area contributed by atoms with Crippen LogP contribution in [-0.2, 0) is 19.4 Å². The molecule has 0 bridgehead atoms. The molecule has 2 aromatic rings. The lowest BCUT2D eigenvalue weighted by Gasteiger charge is -2.32. The van der Waals surface area contributed by atoms with E-state index >= 15 is 0 Å². The number of phenols is 1. The highest BCUT2D eigenvalue weighted by Crippen LogP contribution is 2.34. The van der Waals surface area contributed by atoms with Crippen molar-refractivity contribution in [3.8, 4) is 5.75 Å². The van der Waals surface area contributed by atoms with Crippen LogP contribution in [0.3, 0.4) is 0 Å². The number of carbonyl (C=O) groups is 2. The Bertz CT molecular complexity index is 1090. The third-order valence-corrected chi connectivity index (χ3v) is 6.56. The van der Waals surface area contributed by atoms with E-state index in [-0.39, 0.29) is 34.4 Å². The molecule has 1 unspecified atom stereocenters. The van der Waals surface area contributed by atoms with Gasteiger partial charge in [0.05, 0.1) is 28.8 Å². The number of aromatic hydroxyl groups is 1. The minimum Gasteiger partial charge on any atom is -0.506 e. The van der Waals surface area contributed by atoms with Gasteiger partial charge in [-0.3, -0.25) is 9.59 Å². The first-order valence-corrected chi connectivity index (χ1v) is 10.8. The Morgan fingerprint density at radius 2 is 1.90 bits per heavy atom. The molecule has 1 atom stereocenters. The fourth-order valence-electron chi connectivity index (χ4n) is 3.27. The molecular weight excluding hydrogens is 392 g/mol. The molecule has 0 spiro atoms. The van der Waals surface area contributed by atoms with Crippen molar-refractivity contribution >= 4 is 33.4 Å². The van der Waals surface area contributed by atoms with E-state index in [1.807, 2.05) is 30.3 Å². The fraction of sp³-hybridized carbons (Fsp3) is 0.238. The van der Waals surface area contributed by atoms with Crippen molar-refractivity contribution in [3.63, 3.8) is 0 Å². The molecule has 0 aliphatic carbocycles. The molecule has 2 N–H and O–H groups in total. The molecule has 1 aliphatic heterocycles. The van der Waals surface area contributed by atoms with Gasteiger partial charge in [0.2, 0.25) is 11.8 Å². The van der Waals surface area contributed by atoms with Crippen LogP contribution in [-0.4, -0.2) is 36.0 Å². The first-order chi connectivity index (χ1) is 13.7. The SMILES string of the molecule is CCS(=O)(=O)c1ccc(O)c(NC(=O)CC2c3ccccc3C=CN2C(C)=O)c1. The Labute approximate surface area is 169 Å². The minimum atomic E-state index is -3.48.